The first kappa shape index (κ1) is 9.98. The van der Waals surface area contributed by atoms with Crippen molar-refractivity contribution in [1.29, 1.82) is 0 Å². The molecule has 0 fully saturated rings. The molecule has 1 aromatic carbocycles. The molecule has 1 aromatic rings. The summed E-state index contributed by atoms with van der Waals surface area (Å²) in [5.74, 6) is 3.66. The van der Waals surface area contributed by atoms with E-state index in [1.165, 1.54) is 0 Å². The fourth-order valence-electron chi connectivity index (χ4n) is 0.952. The maximum absolute atomic E-state index is 10.6. The lowest BCUT2D eigenvalue weighted by Crippen LogP contribution is -2.18. The summed E-state index contributed by atoms with van der Waals surface area (Å²) in [7, 11) is 0. The quantitative estimate of drug-likeness (QED) is 0.725. The van der Waals surface area contributed by atoms with Gasteiger partial charge in [0.05, 0.1) is 0 Å². The summed E-state index contributed by atoms with van der Waals surface area (Å²) in [4.78, 5) is 14.9. The van der Waals surface area contributed by atoms with Gasteiger partial charge < -0.3 is 5.11 Å². The van der Waals surface area contributed by atoms with E-state index in [9.17, 15) is 4.79 Å². The molecule has 0 bridgehead atoms. The molecular weight excluding hydrogens is 194 g/mol. The molecule has 4 nitrogen and oxygen atoms in total. The minimum atomic E-state index is -1.21. The van der Waals surface area contributed by atoms with E-state index in [0.717, 1.165) is 0 Å². The SMILES string of the molecule is NOC(C(=O)O)c1ccccc1Cl. The van der Waals surface area contributed by atoms with Crippen LogP contribution in [0.1, 0.15) is 11.7 Å². The fourth-order valence-corrected chi connectivity index (χ4v) is 1.19. The first-order chi connectivity index (χ1) is 6.16. The van der Waals surface area contributed by atoms with Crippen molar-refractivity contribution in [3.8, 4) is 0 Å². The van der Waals surface area contributed by atoms with Crippen LogP contribution in [0.3, 0.4) is 0 Å². The average Bonchev–Trinajstić information content (AvgIpc) is 2.09. The van der Waals surface area contributed by atoms with Crippen molar-refractivity contribution < 1.29 is 14.7 Å². The molecule has 1 atom stereocenters. The lowest BCUT2D eigenvalue weighted by molar-refractivity contribution is -0.151. The maximum atomic E-state index is 10.6. The summed E-state index contributed by atoms with van der Waals surface area (Å²) in [5, 5.41) is 9.01. The Labute approximate surface area is 79.8 Å². The summed E-state index contributed by atoms with van der Waals surface area (Å²) < 4.78 is 0. The Morgan fingerprint density at radius 3 is 2.62 bits per heavy atom. The second-order valence-corrected chi connectivity index (χ2v) is 2.78. The van der Waals surface area contributed by atoms with Gasteiger partial charge in [0.25, 0.3) is 0 Å². The summed E-state index contributed by atoms with van der Waals surface area (Å²) >= 11 is 5.74. The van der Waals surface area contributed by atoms with Crippen molar-refractivity contribution in [1.82, 2.24) is 0 Å². The highest BCUT2D eigenvalue weighted by molar-refractivity contribution is 6.31. The van der Waals surface area contributed by atoms with E-state index in [0.29, 0.717) is 10.6 Å². The summed E-state index contributed by atoms with van der Waals surface area (Å²) in [6.45, 7) is 0. The Kier molecular flexibility index (Phi) is 3.25. The van der Waals surface area contributed by atoms with Crippen LogP contribution in [0, 0.1) is 0 Å². The lowest BCUT2D eigenvalue weighted by Gasteiger charge is -2.10. The fraction of sp³-hybridized carbons (Fsp3) is 0.125. The van der Waals surface area contributed by atoms with Crippen molar-refractivity contribution in [2.75, 3.05) is 0 Å². The van der Waals surface area contributed by atoms with Crippen molar-refractivity contribution in [3.05, 3.63) is 34.9 Å². The zero-order valence-electron chi connectivity index (χ0n) is 6.61. The van der Waals surface area contributed by atoms with Crippen molar-refractivity contribution >= 4 is 17.6 Å². The molecule has 1 rings (SSSR count). The summed E-state index contributed by atoms with van der Waals surface area (Å²) in [6, 6.07) is 6.48. The van der Waals surface area contributed by atoms with Crippen LogP contribution in [-0.2, 0) is 9.63 Å². The van der Waals surface area contributed by atoms with Crippen LogP contribution in [0.2, 0.25) is 5.02 Å². The van der Waals surface area contributed by atoms with Crippen LogP contribution in [-0.4, -0.2) is 11.1 Å². The van der Waals surface area contributed by atoms with E-state index in [1.54, 1.807) is 24.3 Å². The lowest BCUT2D eigenvalue weighted by atomic mass is 10.1. The molecule has 0 aliphatic heterocycles. The van der Waals surface area contributed by atoms with Gasteiger partial charge in [0.2, 0.25) is 6.10 Å². The van der Waals surface area contributed by atoms with Gasteiger partial charge in [-0.3, -0.25) is 4.84 Å². The molecule has 0 amide bonds. The highest BCUT2D eigenvalue weighted by atomic mass is 35.5. The van der Waals surface area contributed by atoms with Gasteiger partial charge in [-0.15, -0.1) is 0 Å². The number of hydrogen-bond donors (Lipinski definition) is 2. The minimum Gasteiger partial charge on any atom is -0.479 e. The number of rotatable bonds is 3. The molecule has 0 heterocycles. The van der Waals surface area contributed by atoms with Crippen molar-refractivity contribution in [3.63, 3.8) is 0 Å². The highest BCUT2D eigenvalue weighted by Gasteiger charge is 2.21. The smallest absolute Gasteiger partial charge is 0.339 e. The van der Waals surface area contributed by atoms with Crippen molar-refractivity contribution in [2.24, 2.45) is 5.90 Å². The van der Waals surface area contributed by atoms with Gasteiger partial charge >= 0.3 is 5.97 Å². The number of carbonyl (C=O) groups is 1. The third kappa shape index (κ3) is 2.18. The Bertz CT molecular complexity index is 316. The Morgan fingerprint density at radius 1 is 1.54 bits per heavy atom. The Hall–Kier alpha value is -1.10. The molecule has 0 saturated heterocycles. The molecule has 0 aliphatic rings. The predicted molar refractivity (Wildman–Crippen MR) is 47.1 cm³/mol. The van der Waals surface area contributed by atoms with E-state index in [4.69, 9.17) is 22.6 Å². The van der Waals surface area contributed by atoms with E-state index in [1.807, 2.05) is 0 Å². The number of benzene rings is 1. The molecule has 3 N–H and O–H groups in total. The standard InChI is InChI=1S/C8H8ClNO3/c9-6-4-2-1-3-5(6)7(13-10)8(11)12/h1-4,7H,10H2,(H,11,12). The zero-order valence-corrected chi connectivity index (χ0v) is 7.36. The van der Waals surface area contributed by atoms with Gasteiger partial charge in [-0.1, -0.05) is 29.8 Å². The molecule has 0 radical (unpaired) electrons. The van der Waals surface area contributed by atoms with Gasteiger partial charge in [0.1, 0.15) is 0 Å². The van der Waals surface area contributed by atoms with E-state index < -0.39 is 12.1 Å². The number of carboxylic acid groups (broad SMARTS) is 1. The monoisotopic (exact) mass is 201 g/mol. The third-order valence-electron chi connectivity index (χ3n) is 1.55. The average molecular weight is 202 g/mol. The van der Waals surface area contributed by atoms with Crippen LogP contribution < -0.4 is 5.90 Å². The number of nitrogens with two attached hydrogens (primary N) is 1. The molecule has 0 aromatic heterocycles. The third-order valence-corrected chi connectivity index (χ3v) is 1.89. The molecule has 5 heteroatoms. The summed E-state index contributed by atoms with van der Waals surface area (Å²) in [6.07, 6.45) is -1.21. The predicted octanol–water partition coefficient (Wildman–Crippen LogP) is 1.36. The molecule has 70 valence electrons. The van der Waals surface area contributed by atoms with Crippen LogP contribution in [0.5, 0.6) is 0 Å². The number of aliphatic carboxylic acids is 1. The second-order valence-electron chi connectivity index (χ2n) is 2.38. The van der Waals surface area contributed by atoms with Gasteiger partial charge in [-0.2, -0.15) is 0 Å². The minimum absolute atomic E-state index is 0.320. The molecule has 0 saturated carbocycles. The number of halogens is 1. The largest absolute Gasteiger partial charge is 0.479 e. The van der Waals surface area contributed by atoms with E-state index >= 15 is 0 Å². The van der Waals surface area contributed by atoms with Crippen LogP contribution in [0.15, 0.2) is 24.3 Å². The highest BCUT2D eigenvalue weighted by Crippen LogP contribution is 2.24. The van der Waals surface area contributed by atoms with Gasteiger partial charge in [0, 0.05) is 10.6 Å². The van der Waals surface area contributed by atoms with Crippen LogP contribution in [0.25, 0.3) is 0 Å². The van der Waals surface area contributed by atoms with Crippen LogP contribution in [0.4, 0.5) is 0 Å². The topological polar surface area (TPSA) is 72.5 Å². The number of hydrogen-bond acceptors (Lipinski definition) is 3. The second kappa shape index (κ2) is 4.23. The van der Waals surface area contributed by atoms with Gasteiger partial charge in [0.15, 0.2) is 0 Å². The molecule has 13 heavy (non-hydrogen) atoms. The van der Waals surface area contributed by atoms with E-state index in [2.05, 4.69) is 4.84 Å². The van der Waals surface area contributed by atoms with E-state index in [-0.39, 0.29) is 0 Å². The first-order valence-electron chi connectivity index (χ1n) is 3.49. The van der Waals surface area contributed by atoms with Gasteiger partial charge in [-0.25, -0.2) is 10.7 Å². The molecule has 0 spiro atoms. The molecule has 0 aliphatic carbocycles. The number of carboxylic acids is 1. The zero-order chi connectivity index (χ0) is 9.84. The Morgan fingerprint density at radius 2 is 2.15 bits per heavy atom. The maximum Gasteiger partial charge on any atom is 0.339 e. The Balaban J connectivity index is 3.04. The van der Waals surface area contributed by atoms with Gasteiger partial charge in [-0.05, 0) is 6.07 Å². The molecular formula is C8H8ClNO3. The first-order valence-corrected chi connectivity index (χ1v) is 3.87. The summed E-state index contributed by atoms with van der Waals surface area (Å²) in [5.41, 5.74) is 0.346. The van der Waals surface area contributed by atoms with Crippen LogP contribution >= 0.6 is 11.6 Å². The normalized spacial score (nSPS) is 12.5. The molecule has 1 unspecified atom stereocenters. The van der Waals surface area contributed by atoms with Crippen molar-refractivity contribution in [2.45, 2.75) is 6.10 Å².